The number of methoxy groups -OCH3 is 2. The maximum atomic E-state index is 10.2. The molecule has 1 heterocycles. The first-order chi connectivity index (χ1) is 10.6. The molecule has 4 heteroatoms. The van der Waals surface area contributed by atoms with Gasteiger partial charge in [-0.2, -0.15) is 0 Å². The van der Waals surface area contributed by atoms with Crippen molar-refractivity contribution in [1.82, 2.24) is 0 Å². The van der Waals surface area contributed by atoms with Crippen molar-refractivity contribution in [3.8, 4) is 23.0 Å². The van der Waals surface area contributed by atoms with Gasteiger partial charge in [0.2, 0.25) is 0 Å². The number of rotatable bonds is 3. The molecule has 0 aromatic heterocycles. The molecule has 0 aliphatic carbocycles. The van der Waals surface area contributed by atoms with Gasteiger partial charge < -0.3 is 19.3 Å². The second-order valence-corrected chi connectivity index (χ2v) is 5.57. The number of phenolic OH excluding ortho intramolecular Hbond substituents is 1. The van der Waals surface area contributed by atoms with Crippen LogP contribution in [0.2, 0.25) is 0 Å². The fourth-order valence-corrected chi connectivity index (χ4v) is 3.15. The van der Waals surface area contributed by atoms with Crippen molar-refractivity contribution in [2.45, 2.75) is 25.9 Å². The summed E-state index contributed by atoms with van der Waals surface area (Å²) in [5, 5.41) is 10.2. The Morgan fingerprint density at radius 3 is 2.59 bits per heavy atom. The number of hydrogen-bond acceptors (Lipinski definition) is 4. The number of aromatic hydroxyl groups is 1. The summed E-state index contributed by atoms with van der Waals surface area (Å²) in [5.41, 5.74) is 2.90. The smallest absolute Gasteiger partial charge is 0.164 e. The predicted molar refractivity (Wildman–Crippen MR) is 84.2 cm³/mol. The summed E-state index contributed by atoms with van der Waals surface area (Å²) < 4.78 is 16.6. The van der Waals surface area contributed by atoms with Gasteiger partial charge >= 0.3 is 0 Å². The molecule has 0 radical (unpaired) electrons. The van der Waals surface area contributed by atoms with Crippen LogP contribution in [0.5, 0.6) is 23.0 Å². The largest absolute Gasteiger partial charge is 0.504 e. The average Bonchev–Trinajstić information content (AvgIpc) is 2.87. The summed E-state index contributed by atoms with van der Waals surface area (Å²) in [4.78, 5) is 0. The molecule has 1 aliphatic heterocycles. The normalized spacial score (nSPS) is 19.5. The molecule has 1 N–H and O–H groups in total. The zero-order valence-corrected chi connectivity index (χ0v) is 13.2. The highest BCUT2D eigenvalue weighted by atomic mass is 16.5. The summed E-state index contributed by atoms with van der Waals surface area (Å²) >= 11 is 0. The van der Waals surface area contributed by atoms with Crippen LogP contribution in [0.25, 0.3) is 0 Å². The second-order valence-electron chi connectivity index (χ2n) is 5.57. The van der Waals surface area contributed by atoms with Crippen molar-refractivity contribution < 1.29 is 19.3 Å². The Balaban J connectivity index is 2.03. The van der Waals surface area contributed by atoms with Crippen LogP contribution in [-0.2, 0) is 0 Å². The van der Waals surface area contributed by atoms with Crippen LogP contribution >= 0.6 is 0 Å². The van der Waals surface area contributed by atoms with Crippen LogP contribution in [0.3, 0.4) is 0 Å². The van der Waals surface area contributed by atoms with E-state index in [0.29, 0.717) is 5.75 Å². The van der Waals surface area contributed by atoms with Crippen LogP contribution in [0, 0.1) is 6.92 Å². The molecule has 4 nitrogen and oxygen atoms in total. The number of phenols is 1. The molecule has 0 saturated carbocycles. The van der Waals surface area contributed by atoms with Crippen molar-refractivity contribution in [2.24, 2.45) is 0 Å². The quantitative estimate of drug-likeness (QED) is 0.932. The van der Waals surface area contributed by atoms with E-state index in [4.69, 9.17) is 14.2 Å². The number of benzene rings is 2. The molecule has 2 aromatic rings. The lowest BCUT2D eigenvalue weighted by Gasteiger charge is -2.17. The minimum Gasteiger partial charge on any atom is -0.504 e. The van der Waals surface area contributed by atoms with E-state index in [-0.39, 0.29) is 17.8 Å². The molecule has 22 heavy (non-hydrogen) atoms. The van der Waals surface area contributed by atoms with Crippen LogP contribution in [-0.4, -0.2) is 19.3 Å². The second kappa shape index (κ2) is 5.44. The predicted octanol–water partition coefficient (Wildman–Crippen LogP) is 3.96. The summed E-state index contributed by atoms with van der Waals surface area (Å²) in [6, 6.07) is 9.64. The highest BCUT2D eigenvalue weighted by molar-refractivity contribution is 5.59. The molecule has 0 spiro atoms. The summed E-state index contributed by atoms with van der Waals surface area (Å²) in [6.07, 6.45) is -0.102. The standard InChI is InChI=1S/C18H20O4/c1-10-16-11(2)18(12-6-5-7-13(8-12)20-3)22-14(16)9-15(21-4)17(10)19/h5-9,11,18-19H,1-4H3/t11?,18-/m1/s1. The van der Waals surface area contributed by atoms with Crippen LogP contribution < -0.4 is 14.2 Å². The number of ether oxygens (including phenoxy) is 3. The van der Waals surface area contributed by atoms with Gasteiger partial charge in [0.05, 0.1) is 14.2 Å². The maximum absolute atomic E-state index is 10.2. The Kier molecular flexibility index (Phi) is 3.61. The minimum absolute atomic E-state index is 0.102. The molecule has 0 amide bonds. The van der Waals surface area contributed by atoms with Gasteiger partial charge in [0.1, 0.15) is 17.6 Å². The zero-order chi connectivity index (χ0) is 15.9. The van der Waals surface area contributed by atoms with Gasteiger partial charge in [-0.3, -0.25) is 0 Å². The molecule has 2 aromatic carbocycles. The molecule has 116 valence electrons. The monoisotopic (exact) mass is 300 g/mol. The Hall–Kier alpha value is -2.36. The summed E-state index contributed by atoms with van der Waals surface area (Å²) in [5.74, 6) is 2.34. The van der Waals surface area contributed by atoms with E-state index in [9.17, 15) is 5.11 Å². The van der Waals surface area contributed by atoms with E-state index >= 15 is 0 Å². The van der Waals surface area contributed by atoms with E-state index in [2.05, 4.69) is 6.92 Å². The first kappa shape index (κ1) is 14.6. The van der Waals surface area contributed by atoms with Gasteiger partial charge in [0, 0.05) is 23.1 Å². The van der Waals surface area contributed by atoms with Gasteiger partial charge in [0.25, 0.3) is 0 Å². The lowest BCUT2D eigenvalue weighted by atomic mass is 9.89. The fraction of sp³-hybridized carbons (Fsp3) is 0.333. The zero-order valence-electron chi connectivity index (χ0n) is 13.2. The Morgan fingerprint density at radius 2 is 1.91 bits per heavy atom. The lowest BCUT2D eigenvalue weighted by Crippen LogP contribution is -2.07. The molecular formula is C18H20O4. The third-order valence-electron chi connectivity index (χ3n) is 4.33. The summed E-state index contributed by atoms with van der Waals surface area (Å²) in [7, 11) is 3.19. The first-order valence-corrected chi connectivity index (χ1v) is 7.27. The van der Waals surface area contributed by atoms with Gasteiger partial charge in [-0.15, -0.1) is 0 Å². The molecule has 0 fully saturated rings. The molecule has 1 aliphatic rings. The average molecular weight is 300 g/mol. The van der Waals surface area contributed by atoms with Gasteiger partial charge in [-0.1, -0.05) is 19.1 Å². The van der Waals surface area contributed by atoms with Crippen molar-refractivity contribution in [1.29, 1.82) is 0 Å². The third kappa shape index (κ3) is 2.15. The maximum Gasteiger partial charge on any atom is 0.164 e. The molecule has 0 saturated heterocycles. The summed E-state index contributed by atoms with van der Waals surface area (Å²) in [6.45, 7) is 4.00. The van der Waals surface area contributed by atoms with Crippen molar-refractivity contribution in [3.05, 3.63) is 47.0 Å². The van der Waals surface area contributed by atoms with E-state index in [1.807, 2.05) is 31.2 Å². The SMILES string of the molecule is COc1cccc([C@@H]2Oc3cc(OC)c(O)c(C)c3C2C)c1. The molecule has 2 atom stereocenters. The van der Waals surface area contributed by atoms with E-state index in [0.717, 1.165) is 28.2 Å². The van der Waals surface area contributed by atoms with Crippen LogP contribution in [0.1, 0.15) is 35.6 Å². The number of fused-ring (bicyclic) bond motifs is 1. The molecule has 3 rings (SSSR count). The van der Waals surface area contributed by atoms with E-state index < -0.39 is 0 Å². The Morgan fingerprint density at radius 1 is 1.14 bits per heavy atom. The highest BCUT2D eigenvalue weighted by Gasteiger charge is 2.35. The van der Waals surface area contributed by atoms with E-state index in [1.165, 1.54) is 0 Å². The highest BCUT2D eigenvalue weighted by Crippen LogP contribution is 2.52. The molecular weight excluding hydrogens is 280 g/mol. The molecule has 1 unspecified atom stereocenters. The molecule has 0 bridgehead atoms. The van der Waals surface area contributed by atoms with Crippen molar-refractivity contribution in [2.75, 3.05) is 14.2 Å². The lowest BCUT2D eigenvalue weighted by molar-refractivity contribution is 0.215. The van der Waals surface area contributed by atoms with Gasteiger partial charge in [0.15, 0.2) is 11.5 Å². The Bertz CT molecular complexity index is 708. The minimum atomic E-state index is -0.102. The van der Waals surface area contributed by atoms with Crippen LogP contribution in [0.15, 0.2) is 30.3 Å². The number of hydrogen-bond donors (Lipinski definition) is 1. The van der Waals surface area contributed by atoms with Crippen molar-refractivity contribution >= 4 is 0 Å². The first-order valence-electron chi connectivity index (χ1n) is 7.27. The van der Waals surface area contributed by atoms with Crippen LogP contribution in [0.4, 0.5) is 0 Å². The Labute approximate surface area is 130 Å². The van der Waals surface area contributed by atoms with Gasteiger partial charge in [-0.25, -0.2) is 0 Å². The van der Waals surface area contributed by atoms with E-state index in [1.54, 1.807) is 20.3 Å². The van der Waals surface area contributed by atoms with Crippen molar-refractivity contribution in [3.63, 3.8) is 0 Å². The fourth-order valence-electron chi connectivity index (χ4n) is 3.15. The topological polar surface area (TPSA) is 47.9 Å². The third-order valence-corrected chi connectivity index (χ3v) is 4.33. The van der Waals surface area contributed by atoms with Gasteiger partial charge in [-0.05, 0) is 24.6 Å².